The van der Waals surface area contributed by atoms with Crippen LogP contribution in [0.1, 0.15) is 18.1 Å². The first-order valence-electron chi connectivity index (χ1n) is 9.34. The number of esters is 1. The number of carbonyl (C=O) groups is 1. The highest BCUT2D eigenvalue weighted by Gasteiger charge is 2.23. The highest BCUT2D eigenvalue weighted by molar-refractivity contribution is 7.92. The van der Waals surface area contributed by atoms with Crippen molar-refractivity contribution in [3.8, 4) is 11.5 Å². The maximum atomic E-state index is 12.7. The van der Waals surface area contributed by atoms with E-state index in [1.807, 2.05) is 60.7 Å². The average molecular weight is 426 g/mol. The van der Waals surface area contributed by atoms with Crippen molar-refractivity contribution < 1.29 is 22.7 Å². The number of anilines is 1. The van der Waals surface area contributed by atoms with Crippen molar-refractivity contribution in [1.29, 1.82) is 0 Å². The Labute approximate surface area is 176 Å². The zero-order chi connectivity index (χ0) is 21.6. The molecular formula is C23H23NO5S. The SMILES string of the molecule is CC(=O)Oc1ccc(OCc2ccccc2)c(N(Cc2ccccc2)S(C)(=O)=O)c1. The van der Waals surface area contributed by atoms with Crippen LogP contribution in [0.3, 0.4) is 0 Å². The van der Waals surface area contributed by atoms with E-state index in [0.29, 0.717) is 11.4 Å². The fourth-order valence-electron chi connectivity index (χ4n) is 2.91. The summed E-state index contributed by atoms with van der Waals surface area (Å²) >= 11 is 0. The standard InChI is InChI=1S/C23H23NO5S/c1-18(25)29-21-13-14-23(28-17-20-11-7-4-8-12-20)22(15-21)24(30(2,26)27)16-19-9-5-3-6-10-19/h3-15H,16-17H2,1-2H3. The molecule has 156 valence electrons. The maximum Gasteiger partial charge on any atom is 0.308 e. The Morgan fingerprint density at radius 1 is 0.900 bits per heavy atom. The molecule has 7 heteroatoms. The van der Waals surface area contributed by atoms with Crippen LogP contribution in [-0.2, 0) is 28.0 Å². The van der Waals surface area contributed by atoms with Gasteiger partial charge >= 0.3 is 5.97 Å². The zero-order valence-corrected chi connectivity index (χ0v) is 17.6. The lowest BCUT2D eigenvalue weighted by atomic mass is 10.2. The van der Waals surface area contributed by atoms with E-state index in [-0.39, 0.29) is 18.9 Å². The van der Waals surface area contributed by atoms with Crippen molar-refractivity contribution in [3.05, 3.63) is 90.0 Å². The number of hydrogen-bond donors (Lipinski definition) is 0. The van der Waals surface area contributed by atoms with Crippen molar-refractivity contribution in [2.75, 3.05) is 10.6 Å². The van der Waals surface area contributed by atoms with Gasteiger partial charge in [-0.05, 0) is 23.3 Å². The molecule has 0 aliphatic heterocycles. The van der Waals surface area contributed by atoms with Crippen LogP contribution in [0.4, 0.5) is 5.69 Å². The normalized spacial score (nSPS) is 11.0. The fourth-order valence-corrected chi connectivity index (χ4v) is 3.79. The van der Waals surface area contributed by atoms with Gasteiger partial charge in [0.1, 0.15) is 18.1 Å². The Bertz CT molecular complexity index is 1100. The molecule has 0 aliphatic rings. The predicted molar refractivity (Wildman–Crippen MR) is 116 cm³/mol. The number of ether oxygens (including phenoxy) is 2. The molecular weight excluding hydrogens is 402 g/mol. The van der Waals surface area contributed by atoms with Crippen molar-refractivity contribution in [1.82, 2.24) is 0 Å². The van der Waals surface area contributed by atoms with Gasteiger partial charge in [0.25, 0.3) is 0 Å². The first-order chi connectivity index (χ1) is 14.3. The Kier molecular flexibility index (Phi) is 6.74. The third-order valence-corrected chi connectivity index (χ3v) is 5.39. The summed E-state index contributed by atoms with van der Waals surface area (Å²) < 4.78 is 37.7. The molecule has 3 aromatic carbocycles. The lowest BCUT2D eigenvalue weighted by molar-refractivity contribution is -0.131. The highest BCUT2D eigenvalue weighted by Crippen LogP contribution is 2.35. The molecule has 30 heavy (non-hydrogen) atoms. The van der Waals surface area contributed by atoms with Crippen LogP contribution < -0.4 is 13.8 Å². The van der Waals surface area contributed by atoms with Crippen LogP contribution in [0.15, 0.2) is 78.9 Å². The minimum atomic E-state index is -3.65. The van der Waals surface area contributed by atoms with E-state index in [9.17, 15) is 13.2 Å². The van der Waals surface area contributed by atoms with E-state index < -0.39 is 16.0 Å². The number of carbonyl (C=O) groups excluding carboxylic acids is 1. The number of sulfonamides is 1. The fraction of sp³-hybridized carbons (Fsp3) is 0.174. The molecule has 0 fully saturated rings. The third-order valence-electron chi connectivity index (χ3n) is 4.27. The molecule has 0 amide bonds. The Balaban J connectivity index is 2.00. The van der Waals surface area contributed by atoms with Crippen molar-refractivity contribution in [2.45, 2.75) is 20.1 Å². The first-order valence-corrected chi connectivity index (χ1v) is 11.2. The summed E-state index contributed by atoms with van der Waals surface area (Å²) in [6.07, 6.45) is 1.13. The summed E-state index contributed by atoms with van der Waals surface area (Å²) in [5.74, 6) is 0.121. The van der Waals surface area contributed by atoms with Gasteiger partial charge in [0.15, 0.2) is 0 Å². The van der Waals surface area contributed by atoms with Crippen molar-refractivity contribution in [3.63, 3.8) is 0 Å². The smallest absolute Gasteiger partial charge is 0.308 e. The lowest BCUT2D eigenvalue weighted by Gasteiger charge is -2.25. The molecule has 0 bridgehead atoms. The highest BCUT2D eigenvalue weighted by atomic mass is 32.2. The maximum absolute atomic E-state index is 12.7. The Hall–Kier alpha value is -3.32. The van der Waals surface area contributed by atoms with Gasteiger partial charge in [-0.3, -0.25) is 9.10 Å². The molecule has 0 unspecified atom stereocenters. The largest absolute Gasteiger partial charge is 0.487 e. The topological polar surface area (TPSA) is 72.9 Å². The summed E-state index contributed by atoms with van der Waals surface area (Å²) in [6.45, 7) is 1.67. The summed E-state index contributed by atoms with van der Waals surface area (Å²) in [5, 5.41) is 0. The second kappa shape index (κ2) is 9.45. The van der Waals surface area contributed by atoms with Crippen molar-refractivity contribution in [2.24, 2.45) is 0 Å². The summed E-state index contributed by atoms with van der Waals surface area (Å²) in [4.78, 5) is 11.4. The van der Waals surface area contributed by atoms with Crippen LogP contribution in [0.5, 0.6) is 11.5 Å². The molecule has 0 N–H and O–H groups in total. The number of hydrogen-bond acceptors (Lipinski definition) is 5. The van der Waals surface area contributed by atoms with Gasteiger partial charge in [-0.1, -0.05) is 60.7 Å². The molecule has 6 nitrogen and oxygen atoms in total. The molecule has 0 atom stereocenters. The van der Waals surface area contributed by atoms with Crippen LogP contribution in [0.2, 0.25) is 0 Å². The monoisotopic (exact) mass is 425 g/mol. The molecule has 0 spiro atoms. The molecule has 0 saturated carbocycles. The van der Waals surface area contributed by atoms with Gasteiger partial charge in [0.2, 0.25) is 10.0 Å². The Morgan fingerprint density at radius 3 is 2.07 bits per heavy atom. The molecule has 0 radical (unpaired) electrons. The molecule has 0 saturated heterocycles. The van der Waals surface area contributed by atoms with Gasteiger partial charge in [-0.25, -0.2) is 8.42 Å². The summed E-state index contributed by atoms with van der Waals surface area (Å²) in [6, 6.07) is 23.5. The van der Waals surface area contributed by atoms with Crippen LogP contribution in [-0.4, -0.2) is 20.6 Å². The minimum absolute atomic E-state index is 0.116. The van der Waals surface area contributed by atoms with E-state index in [0.717, 1.165) is 17.4 Å². The molecule has 0 heterocycles. The number of nitrogens with zero attached hydrogens (tertiary/aromatic N) is 1. The van der Waals surface area contributed by atoms with Crippen LogP contribution in [0, 0.1) is 0 Å². The van der Waals surface area contributed by atoms with Crippen LogP contribution >= 0.6 is 0 Å². The van der Waals surface area contributed by atoms with E-state index in [1.165, 1.54) is 17.3 Å². The van der Waals surface area contributed by atoms with E-state index >= 15 is 0 Å². The minimum Gasteiger partial charge on any atom is -0.487 e. The molecule has 0 aromatic heterocycles. The number of rotatable bonds is 8. The van der Waals surface area contributed by atoms with Crippen LogP contribution in [0.25, 0.3) is 0 Å². The van der Waals surface area contributed by atoms with Gasteiger partial charge in [0.05, 0.1) is 18.5 Å². The second-order valence-corrected chi connectivity index (χ2v) is 8.66. The van der Waals surface area contributed by atoms with E-state index in [4.69, 9.17) is 9.47 Å². The summed E-state index contributed by atoms with van der Waals surface area (Å²) in [5.41, 5.74) is 2.06. The molecule has 3 rings (SSSR count). The first kappa shape index (κ1) is 21.4. The summed E-state index contributed by atoms with van der Waals surface area (Å²) in [7, 11) is -3.65. The second-order valence-electron chi connectivity index (χ2n) is 6.75. The third kappa shape index (κ3) is 5.84. The van der Waals surface area contributed by atoms with Gasteiger partial charge in [0, 0.05) is 13.0 Å². The van der Waals surface area contributed by atoms with Gasteiger partial charge in [-0.2, -0.15) is 0 Å². The quantitative estimate of drug-likeness (QED) is 0.400. The Morgan fingerprint density at radius 2 is 1.50 bits per heavy atom. The zero-order valence-electron chi connectivity index (χ0n) is 16.8. The van der Waals surface area contributed by atoms with Gasteiger partial charge < -0.3 is 9.47 Å². The molecule has 0 aliphatic carbocycles. The van der Waals surface area contributed by atoms with E-state index in [2.05, 4.69) is 0 Å². The number of benzene rings is 3. The van der Waals surface area contributed by atoms with Crippen molar-refractivity contribution >= 4 is 21.7 Å². The molecule has 3 aromatic rings. The predicted octanol–water partition coefficient (Wildman–Crippen LogP) is 4.16. The lowest BCUT2D eigenvalue weighted by Crippen LogP contribution is -2.29. The van der Waals surface area contributed by atoms with E-state index in [1.54, 1.807) is 12.1 Å². The van der Waals surface area contributed by atoms with Gasteiger partial charge in [-0.15, -0.1) is 0 Å². The average Bonchev–Trinajstić information content (AvgIpc) is 2.71.